The molecule has 0 atom stereocenters. The summed E-state index contributed by atoms with van der Waals surface area (Å²) in [6.45, 7) is 4.21. The van der Waals surface area contributed by atoms with Gasteiger partial charge in [0.2, 0.25) is 0 Å². The Kier molecular flexibility index (Phi) is 5.75. The van der Waals surface area contributed by atoms with Gasteiger partial charge in [0, 0.05) is 0 Å². The highest BCUT2D eigenvalue weighted by Crippen LogP contribution is 2.30. The number of nitrogens with one attached hydrogen (secondary N) is 1. The monoisotopic (exact) mass is 396 g/mol. The molecule has 1 aliphatic rings. The first-order chi connectivity index (χ1) is 13.5. The standard InChI is InChI=1S/C21H20N2O4S/c1-4-27-18-12-14(9-10-17(18)26-3)11-15-19(24)22-21(28)23(20(15)25)16-8-6-5-7-13(16)2/h5-12H,4H2,1-3H3,(H,22,24,28)/b15-11+. The van der Waals surface area contributed by atoms with E-state index >= 15 is 0 Å². The Morgan fingerprint density at radius 3 is 2.57 bits per heavy atom. The van der Waals surface area contributed by atoms with E-state index < -0.39 is 11.8 Å². The normalized spacial score (nSPS) is 15.6. The number of methoxy groups -OCH3 is 1. The van der Waals surface area contributed by atoms with E-state index in [0.29, 0.717) is 29.4 Å². The number of nitrogens with zero attached hydrogens (tertiary/aromatic N) is 1. The minimum atomic E-state index is -0.534. The summed E-state index contributed by atoms with van der Waals surface area (Å²) >= 11 is 5.24. The van der Waals surface area contributed by atoms with Crippen molar-refractivity contribution < 1.29 is 19.1 Å². The summed E-state index contributed by atoms with van der Waals surface area (Å²) in [6.07, 6.45) is 1.52. The van der Waals surface area contributed by atoms with Gasteiger partial charge < -0.3 is 9.47 Å². The Morgan fingerprint density at radius 1 is 1.14 bits per heavy atom. The number of aryl methyl sites for hydroxylation is 1. The molecule has 2 aromatic carbocycles. The zero-order valence-electron chi connectivity index (χ0n) is 15.8. The van der Waals surface area contributed by atoms with Gasteiger partial charge in [-0.05, 0) is 61.5 Å². The fourth-order valence-corrected chi connectivity index (χ4v) is 3.18. The van der Waals surface area contributed by atoms with Crippen LogP contribution in [0.1, 0.15) is 18.1 Å². The largest absolute Gasteiger partial charge is 0.493 e. The molecule has 0 saturated carbocycles. The van der Waals surface area contributed by atoms with Crippen LogP contribution in [0.25, 0.3) is 6.08 Å². The minimum absolute atomic E-state index is 0.00975. The number of anilines is 1. The second-order valence-corrected chi connectivity index (χ2v) is 6.47. The molecule has 1 heterocycles. The molecular formula is C21H20N2O4S. The van der Waals surface area contributed by atoms with Crippen molar-refractivity contribution in [2.75, 3.05) is 18.6 Å². The lowest BCUT2D eigenvalue weighted by atomic mass is 10.1. The highest BCUT2D eigenvalue weighted by Gasteiger charge is 2.35. The fraction of sp³-hybridized carbons (Fsp3) is 0.190. The topological polar surface area (TPSA) is 67.9 Å². The lowest BCUT2D eigenvalue weighted by Gasteiger charge is -2.30. The van der Waals surface area contributed by atoms with E-state index in [1.165, 1.54) is 11.0 Å². The van der Waals surface area contributed by atoms with Crippen molar-refractivity contribution in [1.29, 1.82) is 0 Å². The van der Waals surface area contributed by atoms with E-state index in [-0.39, 0.29) is 10.7 Å². The first-order valence-electron chi connectivity index (χ1n) is 8.74. The predicted octanol–water partition coefficient (Wildman–Crippen LogP) is 3.23. The molecule has 0 spiro atoms. The van der Waals surface area contributed by atoms with E-state index in [2.05, 4.69) is 5.32 Å². The van der Waals surface area contributed by atoms with Gasteiger partial charge in [-0.15, -0.1) is 0 Å². The number of carbonyl (C=O) groups is 2. The second kappa shape index (κ2) is 8.22. The molecule has 28 heavy (non-hydrogen) atoms. The van der Waals surface area contributed by atoms with Crippen molar-refractivity contribution in [3.8, 4) is 11.5 Å². The Bertz CT molecular complexity index is 984. The van der Waals surface area contributed by atoms with Crippen molar-refractivity contribution in [3.63, 3.8) is 0 Å². The molecule has 3 rings (SSSR count). The molecule has 2 aromatic rings. The molecule has 6 nitrogen and oxygen atoms in total. The average molecular weight is 396 g/mol. The molecule has 0 radical (unpaired) electrons. The van der Waals surface area contributed by atoms with Crippen LogP contribution in [-0.2, 0) is 9.59 Å². The van der Waals surface area contributed by atoms with Gasteiger partial charge in [-0.3, -0.25) is 19.8 Å². The number of para-hydroxylation sites is 1. The Balaban J connectivity index is 2.02. The van der Waals surface area contributed by atoms with Gasteiger partial charge in [0.15, 0.2) is 16.6 Å². The third-order valence-corrected chi connectivity index (χ3v) is 4.54. The van der Waals surface area contributed by atoms with Gasteiger partial charge in [0.25, 0.3) is 11.8 Å². The lowest BCUT2D eigenvalue weighted by molar-refractivity contribution is -0.122. The van der Waals surface area contributed by atoms with Crippen LogP contribution in [0.4, 0.5) is 5.69 Å². The van der Waals surface area contributed by atoms with E-state index in [1.54, 1.807) is 31.4 Å². The van der Waals surface area contributed by atoms with Gasteiger partial charge in [-0.25, -0.2) is 0 Å². The van der Waals surface area contributed by atoms with Gasteiger partial charge in [-0.2, -0.15) is 0 Å². The van der Waals surface area contributed by atoms with Gasteiger partial charge >= 0.3 is 0 Å². The van der Waals surface area contributed by atoms with E-state index in [4.69, 9.17) is 21.7 Å². The fourth-order valence-electron chi connectivity index (χ4n) is 2.91. The maximum Gasteiger partial charge on any atom is 0.270 e. The molecule has 0 bridgehead atoms. The van der Waals surface area contributed by atoms with Gasteiger partial charge in [0.05, 0.1) is 19.4 Å². The molecule has 1 N–H and O–H groups in total. The number of rotatable bonds is 5. The third-order valence-electron chi connectivity index (χ3n) is 4.26. The molecule has 2 amide bonds. The molecule has 1 aliphatic heterocycles. The number of carbonyl (C=O) groups excluding carboxylic acids is 2. The van der Waals surface area contributed by atoms with Crippen LogP contribution >= 0.6 is 12.2 Å². The minimum Gasteiger partial charge on any atom is -0.493 e. The summed E-state index contributed by atoms with van der Waals surface area (Å²) in [4.78, 5) is 26.9. The SMILES string of the molecule is CCOc1cc(/C=C2\C(=O)NC(=S)N(c3ccccc3C)C2=O)ccc1OC. The number of hydrogen-bond donors (Lipinski definition) is 1. The Morgan fingerprint density at radius 2 is 1.89 bits per heavy atom. The van der Waals surface area contributed by atoms with Crippen molar-refractivity contribution in [2.24, 2.45) is 0 Å². The molecular weight excluding hydrogens is 376 g/mol. The van der Waals surface area contributed by atoms with E-state index in [1.807, 2.05) is 32.0 Å². The number of amides is 2. The first-order valence-corrected chi connectivity index (χ1v) is 9.15. The van der Waals surface area contributed by atoms with Crippen LogP contribution in [0.3, 0.4) is 0 Å². The molecule has 1 fully saturated rings. The van der Waals surface area contributed by atoms with Crippen LogP contribution in [0.5, 0.6) is 11.5 Å². The van der Waals surface area contributed by atoms with E-state index in [9.17, 15) is 9.59 Å². The van der Waals surface area contributed by atoms with Crippen LogP contribution in [0.15, 0.2) is 48.0 Å². The van der Waals surface area contributed by atoms with Gasteiger partial charge in [-0.1, -0.05) is 24.3 Å². The zero-order valence-corrected chi connectivity index (χ0v) is 16.6. The summed E-state index contributed by atoms with van der Waals surface area (Å²) < 4.78 is 10.8. The molecule has 7 heteroatoms. The summed E-state index contributed by atoms with van der Waals surface area (Å²) in [5.74, 6) is 0.103. The molecule has 1 saturated heterocycles. The van der Waals surface area contributed by atoms with Crippen molar-refractivity contribution in [1.82, 2.24) is 5.32 Å². The maximum atomic E-state index is 13.1. The summed E-state index contributed by atoms with van der Waals surface area (Å²) in [5, 5.41) is 2.65. The molecule has 0 aliphatic carbocycles. The number of hydrogen-bond acceptors (Lipinski definition) is 5. The number of benzene rings is 2. The van der Waals surface area contributed by atoms with Crippen LogP contribution in [0, 0.1) is 6.92 Å². The van der Waals surface area contributed by atoms with Crippen LogP contribution in [-0.4, -0.2) is 30.6 Å². The summed E-state index contributed by atoms with van der Waals surface area (Å²) in [7, 11) is 1.55. The van der Waals surface area contributed by atoms with E-state index in [0.717, 1.165) is 5.56 Å². The highest BCUT2D eigenvalue weighted by molar-refractivity contribution is 7.80. The van der Waals surface area contributed by atoms with Crippen LogP contribution in [0.2, 0.25) is 0 Å². The average Bonchev–Trinajstić information content (AvgIpc) is 2.67. The second-order valence-electron chi connectivity index (χ2n) is 6.09. The number of ether oxygens (including phenoxy) is 2. The van der Waals surface area contributed by atoms with Crippen molar-refractivity contribution >= 4 is 40.9 Å². The smallest absolute Gasteiger partial charge is 0.270 e. The Hall–Kier alpha value is -3.19. The zero-order chi connectivity index (χ0) is 20.3. The van der Waals surface area contributed by atoms with Crippen LogP contribution < -0.4 is 19.7 Å². The Labute approximate surface area is 168 Å². The maximum absolute atomic E-state index is 13.1. The first kappa shape index (κ1) is 19.6. The van der Waals surface area contributed by atoms with Crippen molar-refractivity contribution in [3.05, 3.63) is 59.2 Å². The molecule has 144 valence electrons. The summed E-state index contributed by atoms with van der Waals surface area (Å²) in [5.41, 5.74) is 2.13. The molecule has 0 unspecified atom stereocenters. The highest BCUT2D eigenvalue weighted by atomic mass is 32.1. The molecule has 0 aromatic heterocycles. The number of thiocarbonyl (C=S) groups is 1. The predicted molar refractivity (Wildman–Crippen MR) is 112 cm³/mol. The lowest BCUT2D eigenvalue weighted by Crippen LogP contribution is -2.54. The quantitative estimate of drug-likeness (QED) is 0.477. The third kappa shape index (κ3) is 3.75. The van der Waals surface area contributed by atoms with Gasteiger partial charge in [0.1, 0.15) is 5.57 Å². The van der Waals surface area contributed by atoms with Crippen molar-refractivity contribution in [2.45, 2.75) is 13.8 Å². The summed E-state index contributed by atoms with van der Waals surface area (Å²) in [6, 6.07) is 12.6.